The maximum Gasteiger partial charge on any atom is 0.182 e. The van der Waals surface area contributed by atoms with Gasteiger partial charge in [0.25, 0.3) is 0 Å². The Labute approximate surface area is 155 Å². The van der Waals surface area contributed by atoms with E-state index in [1.807, 2.05) is 18.4 Å². The van der Waals surface area contributed by atoms with Gasteiger partial charge in [0, 0.05) is 11.1 Å². The van der Waals surface area contributed by atoms with Crippen molar-refractivity contribution in [1.82, 2.24) is 4.98 Å². The van der Waals surface area contributed by atoms with E-state index in [-0.39, 0.29) is 5.75 Å². The minimum Gasteiger partial charge on any atom is -0.504 e. The smallest absolute Gasteiger partial charge is 0.182 e. The van der Waals surface area contributed by atoms with E-state index in [1.165, 1.54) is 13.5 Å². The Hall–Kier alpha value is -2.80. The predicted molar refractivity (Wildman–Crippen MR) is 100 cm³/mol. The monoisotopic (exact) mass is 373 g/mol. The number of ether oxygens (including phenoxy) is 3. The van der Waals surface area contributed by atoms with Gasteiger partial charge in [0.2, 0.25) is 0 Å². The van der Waals surface area contributed by atoms with Crippen molar-refractivity contribution in [3.63, 3.8) is 0 Å². The number of hydrogen-bond acceptors (Lipinski definition) is 7. The van der Waals surface area contributed by atoms with E-state index in [0.29, 0.717) is 34.3 Å². The van der Waals surface area contributed by atoms with E-state index in [0.717, 1.165) is 10.5 Å². The van der Waals surface area contributed by atoms with Crippen molar-refractivity contribution in [1.29, 1.82) is 0 Å². The van der Waals surface area contributed by atoms with Gasteiger partial charge in [-0.2, -0.15) is 0 Å². The van der Waals surface area contributed by atoms with Gasteiger partial charge in [-0.1, -0.05) is 0 Å². The number of methoxy groups -OCH3 is 3. The SMILES string of the molecule is COc1ccc(-c2ocnc2-c2cc(OC)c(SC)c(OC)c2)cc1O. The molecule has 0 bridgehead atoms. The molecule has 1 heterocycles. The first kappa shape index (κ1) is 18.0. The van der Waals surface area contributed by atoms with Crippen LogP contribution < -0.4 is 14.2 Å². The molecule has 6 nitrogen and oxygen atoms in total. The molecule has 0 saturated carbocycles. The number of phenolic OH excluding ortho intramolecular Hbond substituents is 1. The van der Waals surface area contributed by atoms with Gasteiger partial charge in [0.05, 0.1) is 26.2 Å². The highest BCUT2D eigenvalue weighted by Crippen LogP contribution is 2.43. The van der Waals surface area contributed by atoms with Crippen molar-refractivity contribution in [2.45, 2.75) is 4.90 Å². The average molecular weight is 373 g/mol. The Morgan fingerprint density at radius 2 is 1.58 bits per heavy atom. The number of aromatic hydroxyl groups is 1. The van der Waals surface area contributed by atoms with E-state index in [1.54, 1.807) is 44.2 Å². The molecule has 0 aliphatic rings. The van der Waals surface area contributed by atoms with Crippen LogP contribution in [0.3, 0.4) is 0 Å². The molecule has 0 unspecified atom stereocenters. The maximum absolute atomic E-state index is 10.1. The van der Waals surface area contributed by atoms with Crippen LogP contribution >= 0.6 is 11.8 Å². The van der Waals surface area contributed by atoms with E-state index >= 15 is 0 Å². The summed E-state index contributed by atoms with van der Waals surface area (Å²) < 4.78 is 21.7. The summed E-state index contributed by atoms with van der Waals surface area (Å²) in [4.78, 5) is 5.25. The third-order valence-corrected chi connectivity index (χ3v) is 4.76. The normalized spacial score (nSPS) is 10.6. The summed E-state index contributed by atoms with van der Waals surface area (Å²) in [6.07, 6.45) is 3.33. The Balaban J connectivity index is 2.13. The quantitative estimate of drug-likeness (QED) is 0.639. The molecule has 0 saturated heterocycles. The second-order valence-corrected chi connectivity index (χ2v) is 6.15. The molecule has 0 aliphatic heterocycles. The summed E-state index contributed by atoms with van der Waals surface area (Å²) in [7, 11) is 4.73. The van der Waals surface area contributed by atoms with Crippen molar-refractivity contribution < 1.29 is 23.7 Å². The molecule has 0 spiro atoms. The highest BCUT2D eigenvalue weighted by Gasteiger charge is 2.19. The van der Waals surface area contributed by atoms with Crippen LogP contribution in [0.25, 0.3) is 22.6 Å². The van der Waals surface area contributed by atoms with Crippen molar-refractivity contribution >= 4 is 11.8 Å². The number of aromatic nitrogens is 1. The first-order chi connectivity index (χ1) is 12.6. The van der Waals surface area contributed by atoms with Crippen LogP contribution in [0.15, 0.2) is 46.0 Å². The van der Waals surface area contributed by atoms with Crippen LogP contribution in [0, 0.1) is 0 Å². The molecular formula is C19H19NO5S. The first-order valence-corrected chi connectivity index (χ1v) is 8.96. The Morgan fingerprint density at radius 3 is 2.12 bits per heavy atom. The molecule has 26 heavy (non-hydrogen) atoms. The van der Waals surface area contributed by atoms with Crippen molar-refractivity contribution in [2.75, 3.05) is 27.6 Å². The number of nitrogens with zero attached hydrogens (tertiary/aromatic N) is 1. The van der Waals surface area contributed by atoms with Crippen molar-refractivity contribution in [2.24, 2.45) is 0 Å². The summed E-state index contributed by atoms with van der Waals surface area (Å²) in [5.41, 5.74) is 2.09. The zero-order valence-electron chi connectivity index (χ0n) is 14.9. The Kier molecular flexibility index (Phi) is 5.27. The summed E-state index contributed by atoms with van der Waals surface area (Å²) >= 11 is 1.54. The van der Waals surface area contributed by atoms with Crippen LogP contribution in [0.2, 0.25) is 0 Å². The number of rotatable bonds is 6. The second-order valence-electron chi connectivity index (χ2n) is 5.33. The lowest BCUT2D eigenvalue weighted by Crippen LogP contribution is -1.94. The predicted octanol–water partition coefficient (Wildman–Crippen LogP) is 4.46. The van der Waals surface area contributed by atoms with Gasteiger partial charge in [0.15, 0.2) is 23.7 Å². The standard InChI is InChI=1S/C19H19NO5S/c1-22-14-6-5-11(7-13(14)21)18-17(20-10-25-18)12-8-15(23-2)19(26-4)16(9-12)24-3/h5-10,21H,1-4H3. The number of benzene rings is 2. The molecule has 0 amide bonds. The van der Waals surface area contributed by atoms with E-state index < -0.39 is 0 Å². The van der Waals surface area contributed by atoms with Gasteiger partial charge in [-0.15, -0.1) is 11.8 Å². The highest BCUT2D eigenvalue weighted by atomic mass is 32.2. The van der Waals surface area contributed by atoms with Gasteiger partial charge in [-0.05, 0) is 36.6 Å². The largest absolute Gasteiger partial charge is 0.504 e. The van der Waals surface area contributed by atoms with E-state index in [9.17, 15) is 5.11 Å². The molecule has 0 atom stereocenters. The number of oxazole rings is 1. The molecule has 1 N–H and O–H groups in total. The molecule has 1 aromatic heterocycles. The van der Waals surface area contributed by atoms with Crippen LogP contribution in [0.1, 0.15) is 0 Å². The molecule has 7 heteroatoms. The highest BCUT2D eigenvalue weighted by molar-refractivity contribution is 7.98. The number of phenols is 1. The van der Waals surface area contributed by atoms with E-state index in [4.69, 9.17) is 18.6 Å². The summed E-state index contributed by atoms with van der Waals surface area (Å²) in [6.45, 7) is 0. The van der Waals surface area contributed by atoms with E-state index in [2.05, 4.69) is 4.98 Å². The van der Waals surface area contributed by atoms with Crippen LogP contribution in [0.4, 0.5) is 0 Å². The molecular weight excluding hydrogens is 354 g/mol. The zero-order chi connectivity index (χ0) is 18.7. The number of hydrogen-bond donors (Lipinski definition) is 1. The Bertz CT molecular complexity index is 897. The van der Waals surface area contributed by atoms with Crippen molar-refractivity contribution in [3.8, 4) is 45.6 Å². The lowest BCUT2D eigenvalue weighted by molar-refractivity contribution is 0.373. The van der Waals surface area contributed by atoms with Gasteiger partial charge >= 0.3 is 0 Å². The van der Waals surface area contributed by atoms with Gasteiger partial charge in [-0.25, -0.2) is 4.98 Å². The minimum absolute atomic E-state index is 0.0280. The average Bonchev–Trinajstić information content (AvgIpc) is 3.16. The molecule has 0 aliphatic carbocycles. The lowest BCUT2D eigenvalue weighted by atomic mass is 10.0. The number of thioether (sulfide) groups is 1. The fraction of sp³-hybridized carbons (Fsp3) is 0.211. The van der Waals surface area contributed by atoms with Crippen LogP contribution in [-0.2, 0) is 0 Å². The van der Waals surface area contributed by atoms with Crippen LogP contribution in [0.5, 0.6) is 23.0 Å². The van der Waals surface area contributed by atoms with Gasteiger partial charge < -0.3 is 23.7 Å². The summed E-state index contributed by atoms with van der Waals surface area (Å²) in [5, 5.41) is 10.1. The minimum atomic E-state index is 0.0280. The summed E-state index contributed by atoms with van der Waals surface area (Å²) in [6, 6.07) is 8.83. The fourth-order valence-corrected chi connectivity index (χ4v) is 3.39. The molecule has 3 rings (SSSR count). The van der Waals surface area contributed by atoms with Crippen LogP contribution in [-0.4, -0.2) is 37.7 Å². The fourth-order valence-electron chi connectivity index (χ4n) is 2.71. The van der Waals surface area contributed by atoms with Gasteiger partial charge in [-0.3, -0.25) is 0 Å². The molecule has 0 fully saturated rings. The third kappa shape index (κ3) is 3.17. The second kappa shape index (κ2) is 7.61. The molecule has 136 valence electrons. The topological polar surface area (TPSA) is 74.0 Å². The molecule has 0 radical (unpaired) electrons. The lowest BCUT2D eigenvalue weighted by Gasteiger charge is -2.13. The van der Waals surface area contributed by atoms with Crippen molar-refractivity contribution in [3.05, 3.63) is 36.7 Å². The molecule has 2 aromatic carbocycles. The zero-order valence-corrected chi connectivity index (χ0v) is 15.7. The molecule has 3 aromatic rings. The summed E-state index contributed by atoms with van der Waals surface area (Å²) in [5.74, 6) is 2.34. The Morgan fingerprint density at radius 1 is 0.923 bits per heavy atom. The van der Waals surface area contributed by atoms with Gasteiger partial charge in [0.1, 0.15) is 17.2 Å². The third-order valence-electron chi connectivity index (χ3n) is 3.95. The first-order valence-electron chi connectivity index (χ1n) is 7.74. The maximum atomic E-state index is 10.1.